The van der Waals surface area contributed by atoms with E-state index in [0.717, 1.165) is 11.3 Å². The summed E-state index contributed by atoms with van der Waals surface area (Å²) in [7, 11) is 1.60. The molecule has 0 bridgehead atoms. The molecule has 0 heterocycles. The van der Waals surface area contributed by atoms with Crippen molar-refractivity contribution in [3.8, 4) is 5.75 Å². The van der Waals surface area contributed by atoms with Crippen molar-refractivity contribution >= 4 is 11.8 Å². The maximum Gasteiger partial charge on any atom is 0.240 e. The molecule has 0 radical (unpaired) electrons. The lowest BCUT2D eigenvalue weighted by Gasteiger charge is -2.22. The summed E-state index contributed by atoms with van der Waals surface area (Å²) >= 11 is 0. The van der Waals surface area contributed by atoms with Gasteiger partial charge in [0.15, 0.2) is 0 Å². The zero-order valence-electron chi connectivity index (χ0n) is 13.9. The highest BCUT2D eigenvalue weighted by Crippen LogP contribution is 2.16. The van der Waals surface area contributed by atoms with E-state index >= 15 is 0 Å². The molecule has 1 atom stereocenters. The molecule has 0 fully saturated rings. The number of benzene rings is 2. The van der Waals surface area contributed by atoms with Gasteiger partial charge >= 0.3 is 0 Å². The molecule has 0 saturated carbocycles. The molecule has 126 valence electrons. The van der Waals surface area contributed by atoms with E-state index < -0.39 is 0 Å². The van der Waals surface area contributed by atoms with Crippen molar-refractivity contribution in [3.05, 3.63) is 66.2 Å². The first-order valence-electron chi connectivity index (χ1n) is 7.80. The summed E-state index contributed by atoms with van der Waals surface area (Å²) in [6, 6.07) is 18.8. The Balaban J connectivity index is 2.03. The Kier molecular flexibility index (Phi) is 6.37. The van der Waals surface area contributed by atoms with E-state index in [1.807, 2.05) is 60.7 Å². The van der Waals surface area contributed by atoms with Crippen LogP contribution >= 0.6 is 0 Å². The molecule has 2 amide bonds. The second-order valence-electron chi connectivity index (χ2n) is 5.53. The van der Waals surface area contributed by atoms with Gasteiger partial charge in [-0.25, -0.2) is 0 Å². The van der Waals surface area contributed by atoms with Gasteiger partial charge < -0.3 is 15.0 Å². The van der Waals surface area contributed by atoms with E-state index in [1.165, 1.54) is 11.8 Å². The van der Waals surface area contributed by atoms with Crippen LogP contribution in [-0.4, -0.2) is 36.9 Å². The second-order valence-corrected chi connectivity index (χ2v) is 5.53. The Morgan fingerprint density at radius 1 is 1.04 bits per heavy atom. The van der Waals surface area contributed by atoms with Crippen LogP contribution in [0.3, 0.4) is 0 Å². The number of hydrogen-bond acceptors (Lipinski definition) is 3. The van der Waals surface area contributed by atoms with Gasteiger partial charge in [-0.3, -0.25) is 9.59 Å². The summed E-state index contributed by atoms with van der Waals surface area (Å²) in [4.78, 5) is 24.8. The van der Waals surface area contributed by atoms with E-state index in [-0.39, 0.29) is 24.4 Å². The molecule has 24 heavy (non-hydrogen) atoms. The first-order chi connectivity index (χ1) is 11.6. The van der Waals surface area contributed by atoms with Crippen LogP contribution in [0.4, 0.5) is 0 Å². The van der Waals surface area contributed by atoms with Crippen molar-refractivity contribution < 1.29 is 14.3 Å². The molecule has 0 aliphatic carbocycles. The molecule has 5 nitrogen and oxygen atoms in total. The van der Waals surface area contributed by atoms with Crippen LogP contribution in [0.25, 0.3) is 0 Å². The summed E-state index contributed by atoms with van der Waals surface area (Å²) in [5.74, 6) is 0.369. The van der Waals surface area contributed by atoms with Crippen molar-refractivity contribution in [1.82, 2.24) is 10.2 Å². The summed E-state index contributed by atoms with van der Waals surface area (Å²) in [5, 5.41) is 2.93. The molecule has 2 rings (SSSR count). The maximum atomic E-state index is 12.2. The number of carbonyl (C=O) groups is 2. The molecule has 2 aromatic carbocycles. The van der Waals surface area contributed by atoms with Gasteiger partial charge in [-0.05, 0) is 17.7 Å². The Hall–Kier alpha value is -2.82. The molecule has 2 aromatic rings. The minimum Gasteiger partial charge on any atom is -0.491 e. The van der Waals surface area contributed by atoms with Crippen molar-refractivity contribution in [1.29, 1.82) is 0 Å². The Labute approximate surface area is 142 Å². The standard InChI is InChI=1S/C19H22N2O3/c1-15(22)21(2)13-19(23)20-18(16-9-5-3-6-10-16)14-24-17-11-7-4-8-12-17/h3-12,18H,13-14H2,1-2H3,(H,20,23)/t18-/m0/s1. The minimum absolute atomic E-state index is 0.0179. The number of para-hydroxylation sites is 1. The molecule has 0 saturated heterocycles. The topological polar surface area (TPSA) is 58.6 Å². The van der Waals surface area contributed by atoms with E-state index in [9.17, 15) is 9.59 Å². The van der Waals surface area contributed by atoms with Crippen LogP contribution in [0.1, 0.15) is 18.5 Å². The van der Waals surface area contributed by atoms with Gasteiger partial charge in [0.25, 0.3) is 0 Å². The van der Waals surface area contributed by atoms with Gasteiger partial charge in [0.05, 0.1) is 12.6 Å². The first-order valence-corrected chi connectivity index (χ1v) is 7.80. The predicted molar refractivity (Wildman–Crippen MR) is 92.6 cm³/mol. The van der Waals surface area contributed by atoms with Crippen LogP contribution in [0.5, 0.6) is 5.75 Å². The Morgan fingerprint density at radius 2 is 1.62 bits per heavy atom. The van der Waals surface area contributed by atoms with Crippen molar-refractivity contribution in [2.75, 3.05) is 20.2 Å². The molecule has 0 aliphatic rings. The number of nitrogens with one attached hydrogen (secondary N) is 1. The number of amides is 2. The van der Waals surface area contributed by atoms with Gasteiger partial charge in [0.1, 0.15) is 12.4 Å². The first kappa shape index (κ1) is 17.5. The summed E-state index contributed by atoms with van der Waals surface area (Å²) in [6.45, 7) is 1.76. The molecule has 5 heteroatoms. The smallest absolute Gasteiger partial charge is 0.240 e. The Morgan fingerprint density at radius 3 is 2.21 bits per heavy atom. The van der Waals surface area contributed by atoms with Gasteiger partial charge in [0, 0.05) is 14.0 Å². The molecule has 0 spiro atoms. The fraction of sp³-hybridized carbons (Fsp3) is 0.263. The SMILES string of the molecule is CC(=O)N(C)CC(=O)N[C@@H](COc1ccccc1)c1ccccc1. The zero-order valence-corrected chi connectivity index (χ0v) is 13.9. The molecule has 1 N–H and O–H groups in total. The van der Waals surface area contributed by atoms with Crippen LogP contribution in [0.2, 0.25) is 0 Å². The highest BCUT2D eigenvalue weighted by Gasteiger charge is 2.17. The number of carbonyl (C=O) groups excluding carboxylic acids is 2. The van der Waals surface area contributed by atoms with Crippen LogP contribution in [0, 0.1) is 0 Å². The maximum absolute atomic E-state index is 12.2. The summed E-state index contributed by atoms with van der Waals surface area (Å²) < 4.78 is 5.78. The lowest BCUT2D eigenvalue weighted by Crippen LogP contribution is -2.40. The van der Waals surface area contributed by atoms with Crippen molar-refractivity contribution in [2.45, 2.75) is 13.0 Å². The minimum atomic E-state index is -0.292. The van der Waals surface area contributed by atoms with Gasteiger partial charge in [-0.15, -0.1) is 0 Å². The van der Waals surface area contributed by atoms with Crippen molar-refractivity contribution in [3.63, 3.8) is 0 Å². The monoisotopic (exact) mass is 326 g/mol. The number of likely N-dealkylation sites (N-methyl/N-ethyl adjacent to an activating group) is 1. The summed E-state index contributed by atoms with van der Waals surface area (Å²) in [5.41, 5.74) is 0.951. The predicted octanol–water partition coefficient (Wildman–Crippen LogP) is 2.40. The van der Waals surface area contributed by atoms with Gasteiger partial charge in [-0.2, -0.15) is 0 Å². The van der Waals surface area contributed by atoms with E-state index in [4.69, 9.17) is 4.74 Å². The fourth-order valence-electron chi connectivity index (χ4n) is 2.17. The number of nitrogens with zero attached hydrogens (tertiary/aromatic N) is 1. The van der Waals surface area contributed by atoms with Gasteiger partial charge in [-0.1, -0.05) is 48.5 Å². The molecule has 0 aromatic heterocycles. The number of hydrogen-bond donors (Lipinski definition) is 1. The molecular weight excluding hydrogens is 304 g/mol. The van der Waals surface area contributed by atoms with E-state index in [0.29, 0.717) is 6.61 Å². The van der Waals surface area contributed by atoms with E-state index in [2.05, 4.69) is 5.32 Å². The normalized spacial score (nSPS) is 11.4. The highest BCUT2D eigenvalue weighted by molar-refractivity contribution is 5.83. The van der Waals surface area contributed by atoms with Crippen LogP contribution < -0.4 is 10.1 Å². The average Bonchev–Trinajstić information content (AvgIpc) is 2.60. The quantitative estimate of drug-likeness (QED) is 0.850. The number of ether oxygens (including phenoxy) is 1. The zero-order chi connectivity index (χ0) is 17.4. The molecule has 0 aliphatic heterocycles. The fourth-order valence-corrected chi connectivity index (χ4v) is 2.17. The third kappa shape index (κ3) is 5.43. The second kappa shape index (κ2) is 8.72. The average molecular weight is 326 g/mol. The van der Waals surface area contributed by atoms with Crippen LogP contribution in [0.15, 0.2) is 60.7 Å². The largest absolute Gasteiger partial charge is 0.491 e. The lowest BCUT2D eigenvalue weighted by molar-refractivity contribution is -0.133. The van der Waals surface area contributed by atoms with Crippen molar-refractivity contribution in [2.24, 2.45) is 0 Å². The van der Waals surface area contributed by atoms with E-state index in [1.54, 1.807) is 7.05 Å². The molecular formula is C19H22N2O3. The van der Waals surface area contributed by atoms with Gasteiger partial charge in [0.2, 0.25) is 11.8 Å². The number of rotatable bonds is 7. The Bertz CT molecular complexity index is 659. The van der Waals surface area contributed by atoms with Crippen LogP contribution in [-0.2, 0) is 9.59 Å². The third-order valence-electron chi connectivity index (χ3n) is 3.62. The highest BCUT2D eigenvalue weighted by atomic mass is 16.5. The summed E-state index contributed by atoms with van der Waals surface area (Å²) in [6.07, 6.45) is 0. The lowest BCUT2D eigenvalue weighted by atomic mass is 10.1. The molecule has 0 unspecified atom stereocenters. The third-order valence-corrected chi connectivity index (χ3v) is 3.62.